The molecule has 0 radical (unpaired) electrons. The van der Waals surface area contributed by atoms with Crippen LogP contribution in [0.1, 0.15) is 95.5 Å². The van der Waals surface area contributed by atoms with Crippen molar-refractivity contribution in [2.24, 2.45) is 11.5 Å². The zero-order chi connectivity index (χ0) is 39.7. The van der Waals surface area contributed by atoms with Gasteiger partial charge in [-0.25, -0.2) is 4.79 Å². The summed E-state index contributed by atoms with van der Waals surface area (Å²) in [7, 11) is 0. The van der Waals surface area contributed by atoms with Crippen molar-refractivity contribution >= 4 is 52.4 Å². The molecule has 0 bridgehead atoms. The third kappa shape index (κ3) is 19.2. The number of aromatic amines is 1. The molecular weight excluding hydrogens is 700 g/mol. The van der Waals surface area contributed by atoms with Crippen LogP contribution in [0.3, 0.4) is 0 Å². The zero-order valence-electron chi connectivity index (χ0n) is 31.0. The lowest BCUT2D eigenvalue weighted by molar-refractivity contribution is -0.142. The summed E-state index contributed by atoms with van der Waals surface area (Å²) in [5, 5.41) is 32.8. The number of nitrogens with one attached hydrogen (secondary N) is 6. The second-order valence-corrected chi connectivity index (χ2v) is 13.4. The number of benzene rings is 1. The van der Waals surface area contributed by atoms with Crippen LogP contribution in [0.2, 0.25) is 0 Å². The topological polar surface area (TPSA) is 288 Å². The molecule has 0 saturated heterocycles. The Labute approximate surface area is 315 Å². The van der Waals surface area contributed by atoms with Gasteiger partial charge in [-0.15, -0.1) is 0 Å². The van der Waals surface area contributed by atoms with Gasteiger partial charge in [0.25, 0.3) is 0 Å². The fourth-order valence-corrected chi connectivity index (χ4v) is 5.77. The maximum absolute atomic E-state index is 13.4. The minimum Gasteiger partial charge on any atom is -0.481 e. The molecule has 3 unspecified atom stereocenters. The van der Waals surface area contributed by atoms with Gasteiger partial charge in [-0.05, 0) is 37.3 Å². The zero-order valence-corrected chi connectivity index (χ0v) is 31.0. The average Bonchev–Trinajstić information content (AvgIpc) is 3.53. The van der Waals surface area contributed by atoms with Crippen LogP contribution in [0.15, 0.2) is 30.5 Å². The second kappa shape index (κ2) is 25.9. The molecule has 0 saturated carbocycles. The fourth-order valence-electron chi connectivity index (χ4n) is 5.77. The molecule has 1 aromatic heterocycles. The number of para-hydroxylation sites is 1. The highest BCUT2D eigenvalue weighted by Gasteiger charge is 2.26. The van der Waals surface area contributed by atoms with E-state index in [9.17, 15) is 38.7 Å². The first-order chi connectivity index (χ1) is 25.9. The van der Waals surface area contributed by atoms with Crippen molar-refractivity contribution in [2.75, 3.05) is 26.2 Å². The van der Waals surface area contributed by atoms with Gasteiger partial charge in [0.15, 0.2) is 0 Å². The van der Waals surface area contributed by atoms with Crippen LogP contribution in [0, 0.1) is 0 Å². The average molecular weight is 759 g/mol. The Hall–Kier alpha value is -5.03. The van der Waals surface area contributed by atoms with E-state index < -0.39 is 47.8 Å². The number of hydrogen-bond acceptors (Lipinski definition) is 9. The molecule has 2 aromatic rings. The molecule has 54 heavy (non-hydrogen) atoms. The molecule has 17 heteroatoms. The smallest absolute Gasteiger partial charge is 0.326 e. The lowest BCUT2D eigenvalue weighted by Crippen LogP contribution is -2.55. The molecule has 17 nitrogen and oxygen atoms in total. The Morgan fingerprint density at radius 2 is 1.33 bits per heavy atom. The molecule has 1 aromatic carbocycles. The number of aromatic nitrogens is 1. The van der Waals surface area contributed by atoms with Gasteiger partial charge in [-0.2, -0.15) is 0 Å². The number of carboxylic acids is 2. The van der Waals surface area contributed by atoms with Gasteiger partial charge >= 0.3 is 11.9 Å². The Balaban J connectivity index is 1.78. The van der Waals surface area contributed by atoms with Crippen LogP contribution in [-0.4, -0.2) is 101 Å². The highest BCUT2D eigenvalue weighted by atomic mass is 16.4. The van der Waals surface area contributed by atoms with Crippen LogP contribution in [0.4, 0.5) is 0 Å². The number of carbonyl (C=O) groups excluding carboxylic acids is 5. The van der Waals surface area contributed by atoms with E-state index in [0.717, 1.165) is 67.8 Å². The molecule has 0 spiro atoms. The molecule has 3 atom stereocenters. The van der Waals surface area contributed by atoms with E-state index in [2.05, 4.69) is 31.6 Å². The van der Waals surface area contributed by atoms with E-state index in [-0.39, 0.29) is 57.0 Å². The van der Waals surface area contributed by atoms with Crippen LogP contribution in [0.5, 0.6) is 0 Å². The summed E-state index contributed by atoms with van der Waals surface area (Å²) >= 11 is 0. The molecule has 0 aliphatic rings. The van der Waals surface area contributed by atoms with Crippen LogP contribution in [-0.2, 0) is 40.0 Å². The van der Waals surface area contributed by atoms with E-state index in [1.165, 1.54) is 0 Å². The van der Waals surface area contributed by atoms with Gasteiger partial charge < -0.3 is 53.2 Å². The number of hydrogen-bond donors (Lipinski definition) is 10. The Bertz CT molecular complexity index is 1520. The van der Waals surface area contributed by atoms with Gasteiger partial charge in [0.1, 0.15) is 12.1 Å². The van der Waals surface area contributed by atoms with Gasteiger partial charge in [0.2, 0.25) is 29.5 Å². The van der Waals surface area contributed by atoms with Gasteiger partial charge in [-0.3, -0.25) is 28.8 Å². The summed E-state index contributed by atoms with van der Waals surface area (Å²) in [6.45, 7) is 0.677. The Kier molecular flexibility index (Phi) is 21.6. The summed E-state index contributed by atoms with van der Waals surface area (Å²) < 4.78 is 0. The third-order valence-electron chi connectivity index (χ3n) is 8.79. The summed E-state index contributed by atoms with van der Waals surface area (Å²) in [5.74, 6) is -4.47. The minimum atomic E-state index is -1.32. The molecule has 0 fully saturated rings. The molecular formula is C37H58N8O9. The quantitative estimate of drug-likeness (QED) is 0.0501. The molecule has 5 amide bonds. The lowest BCUT2D eigenvalue weighted by Gasteiger charge is -2.22. The van der Waals surface area contributed by atoms with E-state index in [1.54, 1.807) is 6.20 Å². The first-order valence-corrected chi connectivity index (χ1v) is 18.8. The molecule has 300 valence electrons. The SMILES string of the molecule is NC(=O)CCCCCCCCCCC(=O)NCCNCC(N)C(=O)NC(Cc1c[nH]c2ccccc12)C(=O)NCCC(NC(=O)CCCC(=O)O)C(=O)O. The van der Waals surface area contributed by atoms with E-state index in [4.69, 9.17) is 16.6 Å². The number of rotatable bonds is 30. The molecule has 0 aliphatic carbocycles. The number of carbonyl (C=O) groups is 7. The third-order valence-corrected chi connectivity index (χ3v) is 8.79. The van der Waals surface area contributed by atoms with Crippen molar-refractivity contribution in [3.05, 3.63) is 36.0 Å². The summed E-state index contributed by atoms with van der Waals surface area (Å²) in [4.78, 5) is 87.1. The predicted octanol–water partition coefficient (Wildman–Crippen LogP) is 0.945. The van der Waals surface area contributed by atoms with Crippen LogP contribution < -0.4 is 38.1 Å². The number of fused-ring (bicyclic) bond motifs is 1. The largest absolute Gasteiger partial charge is 0.481 e. The molecule has 1 heterocycles. The van der Waals surface area contributed by atoms with E-state index in [0.29, 0.717) is 25.9 Å². The highest BCUT2D eigenvalue weighted by Crippen LogP contribution is 2.19. The summed E-state index contributed by atoms with van der Waals surface area (Å²) in [5.41, 5.74) is 12.9. The summed E-state index contributed by atoms with van der Waals surface area (Å²) in [6.07, 6.45) is 10.2. The van der Waals surface area contributed by atoms with Gasteiger partial charge in [0.05, 0.1) is 6.04 Å². The number of H-pyrrole nitrogens is 1. The van der Waals surface area contributed by atoms with Crippen LogP contribution >= 0.6 is 0 Å². The van der Waals surface area contributed by atoms with Crippen LogP contribution in [0.25, 0.3) is 10.9 Å². The number of carboxylic acid groups (broad SMARTS) is 2. The lowest BCUT2D eigenvalue weighted by atomic mass is 10.0. The fraction of sp³-hybridized carbons (Fsp3) is 0.595. The van der Waals surface area contributed by atoms with Crippen molar-refractivity contribution in [1.29, 1.82) is 0 Å². The van der Waals surface area contributed by atoms with E-state index >= 15 is 0 Å². The standard InChI is InChI=1S/C37H58N8O9/c38-27(24-40-20-21-41-32(47)15-8-6-4-2-1-3-5-7-14-31(39)46)35(51)45-30(22-25-23-43-28-13-10-9-12-26(25)28)36(52)42-19-18-29(37(53)54)44-33(48)16-11-17-34(49)50/h9-10,12-13,23,27,29-30,40,43H,1-8,11,14-22,24,38H2,(H2,39,46)(H,41,47)(H,42,52)(H,44,48)(H,45,51)(H,49,50)(H,53,54). The molecule has 12 N–H and O–H groups in total. The number of nitrogens with two attached hydrogens (primary N) is 2. The first-order valence-electron chi connectivity index (χ1n) is 18.8. The molecule has 0 aliphatic heterocycles. The van der Waals surface area contributed by atoms with Gasteiger partial charge in [-0.1, -0.05) is 56.7 Å². The van der Waals surface area contributed by atoms with Crippen molar-refractivity contribution in [3.63, 3.8) is 0 Å². The number of unbranched alkanes of at least 4 members (excludes halogenated alkanes) is 7. The van der Waals surface area contributed by atoms with Gasteiger partial charge in [0, 0.05) is 75.4 Å². The normalized spacial score (nSPS) is 12.7. The maximum Gasteiger partial charge on any atom is 0.326 e. The molecule has 2 rings (SSSR count). The minimum absolute atomic E-state index is 0.0516. The monoisotopic (exact) mass is 758 g/mol. The van der Waals surface area contributed by atoms with Crippen molar-refractivity contribution in [1.82, 2.24) is 31.6 Å². The maximum atomic E-state index is 13.4. The number of aliphatic carboxylic acids is 2. The number of primary amides is 1. The summed E-state index contributed by atoms with van der Waals surface area (Å²) in [6, 6.07) is 4.06. The van der Waals surface area contributed by atoms with E-state index in [1.807, 2.05) is 24.3 Å². The first kappa shape index (κ1) is 45.1. The highest BCUT2D eigenvalue weighted by molar-refractivity contribution is 5.91. The Morgan fingerprint density at radius 3 is 2.00 bits per heavy atom. The van der Waals surface area contributed by atoms with Crippen molar-refractivity contribution in [3.8, 4) is 0 Å². The predicted molar refractivity (Wildman–Crippen MR) is 202 cm³/mol. The second-order valence-electron chi connectivity index (χ2n) is 13.4. The number of amides is 5. The van der Waals surface area contributed by atoms with Crippen molar-refractivity contribution in [2.45, 2.75) is 114 Å². The van der Waals surface area contributed by atoms with Crippen molar-refractivity contribution < 1.29 is 43.8 Å². The Morgan fingerprint density at radius 1 is 0.685 bits per heavy atom.